The van der Waals surface area contributed by atoms with Crippen molar-refractivity contribution in [3.05, 3.63) is 83.7 Å². The molecule has 1 heterocycles. The first kappa shape index (κ1) is 22.3. The van der Waals surface area contributed by atoms with Gasteiger partial charge in [-0.2, -0.15) is 12.8 Å². The van der Waals surface area contributed by atoms with E-state index in [0.29, 0.717) is 11.3 Å². The van der Waals surface area contributed by atoms with E-state index in [-0.39, 0.29) is 33.6 Å². The molecule has 0 saturated heterocycles. The Labute approximate surface area is 181 Å². The van der Waals surface area contributed by atoms with Crippen LogP contribution in [0.15, 0.2) is 77.5 Å². The van der Waals surface area contributed by atoms with Crippen LogP contribution in [-0.2, 0) is 14.8 Å². The lowest BCUT2D eigenvalue weighted by molar-refractivity contribution is -0.123. The molecule has 0 bridgehead atoms. The van der Waals surface area contributed by atoms with E-state index in [1.165, 1.54) is 23.2 Å². The highest BCUT2D eigenvalue weighted by atomic mass is 32.2. The van der Waals surface area contributed by atoms with Gasteiger partial charge in [0, 0.05) is 23.5 Å². The molecule has 1 amide bonds. The maximum Gasteiger partial charge on any atom is 0.280 e. The van der Waals surface area contributed by atoms with Crippen molar-refractivity contribution in [3.8, 4) is 5.75 Å². The molecule has 2 aromatic rings. The predicted octanol–water partition coefficient (Wildman–Crippen LogP) is 2.38. The van der Waals surface area contributed by atoms with E-state index in [9.17, 15) is 18.0 Å². The van der Waals surface area contributed by atoms with Gasteiger partial charge in [0.05, 0.1) is 18.6 Å². The third-order valence-corrected chi connectivity index (χ3v) is 6.30. The van der Waals surface area contributed by atoms with Crippen LogP contribution in [0.1, 0.15) is 22.3 Å². The quantitative estimate of drug-likeness (QED) is 0.304. The van der Waals surface area contributed by atoms with Crippen LogP contribution in [0.5, 0.6) is 5.75 Å². The molecule has 0 atom stereocenters. The Balaban J connectivity index is 1.73. The Morgan fingerprint density at radius 3 is 2.35 bits per heavy atom. The zero-order valence-electron chi connectivity index (χ0n) is 17.2. The molecule has 9 heteroatoms. The number of methoxy groups -OCH3 is 1. The Bertz CT molecular complexity index is 1140. The number of rotatable bonds is 7. The number of hydrogen-bond acceptors (Lipinski definition) is 7. The van der Waals surface area contributed by atoms with Gasteiger partial charge in [0.25, 0.3) is 15.9 Å². The van der Waals surface area contributed by atoms with Gasteiger partial charge in [-0.15, -0.1) is 0 Å². The maximum absolute atomic E-state index is 12.8. The van der Waals surface area contributed by atoms with Crippen LogP contribution in [0, 0.1) is 6.92 Å². The second-order valence-electron chi connectivity index (χ2n) is 6.99. The number of hydrogen-bond donors (Lipinski definition) is 1. The Kier molecular flexibility index (Phi) is 6.57. The summed E-state index contributed by atoms with van der Waals surface area (Å²) in [5.41, 5.74) is 1.53. The first-order valence-electron chi connectivity index (χ1n) is 9.44. The number of carbonyl (C=O) groups is 2. The maximum atomic E-state index is 12.8. The number of sulfonamides is 1. The van der Waals surface area contributed by atoms with Gasteiger partial charge in [0.1, 0.15) is 5.75 Å². The molecule has 0 aliphatic carbocycles. The summed E-state index contributed by atoms with van der Waals surface area (Å²) >= 11 is 0. The number of aryl methyl sites for hydroxylation is 1. The predicted molar refractivity (Wildman–Crippen MR) is 115 cm³/mol. The fourth-order valence-corrected chi connectivity index (χ4v) is 4.00. The molecule has 2 aromatic carbocycles. The van der Waals surface area contributed by atoms with Crippen molar-refractivity contribution in [2.45, 2.75) is 18.2 Å². The number of ketones is 1. The van der Waals surface area contributed by atoms with Crippen LogP contribution in [0.25, 0.3) is 0 Å². The van der Waals surface area contributed by atoms with Crippen LogP contribution in [0.3, 0.4) is 0 Å². The number of amides is 1. The van der Waals surface area contributed by atoms with Gasteiger partial charge in [-0.05, 0) is 49.7 Å². The summed E-state index contributed by atoms with van der Waals surface area (Å²) in [7, 11) is -2.66. The van der Waals surface area contributed by atoms with E-state index in [4.69, 9.17) is 10.6 Å². The molecule has 3 rings (SSSR count). The smallest absolute Gasteiger partial charge is 0.280 e. The summed E-state index contributed by atoms with van der Waals surface area (Å²) in [4.78, 5) is 26.7. The Hall–Kier alpha value is -3.43. The van der Waals surface area contributed by atoms with Crippen molar-refractivity contribution in [1.29, 1.82) is 0 Å². The first-order valence-corrected chi connectivity index (χ1v) is 10.9. The highest BCUT2D eigenvalue weighted by molar-refractivity contribution is 7.89. The number of hydrazine groups is 1. The highest BCUT2D eigenvalue weighted by Gasteiger charge is 2.29. The molecular formula is C22H23N3O5S. The van der Waals surface area contributed by atoms with Gasteiger partial charge in [0.2, 0.25) is 0 Å². The monoisotopic (exact) mass is 441 g/mol. The summed E-state index contributed by atoms with van der Waals surface area (Å²) in [6.45, 7) is 1.80. The molecule has 0 fully saturated rings. The molecule has 31 heavy (non-hydrogen) atoms. The molecule has 0 radical (unpaired) electrons. The lowest BCUT2D eigenvalue weighted by atomic mass is 10.1. The van der Waals surface area contributed by atoms with Crippen molar-refractivity contribution in [2.24, 2.45) is 5.84 Å². The van der Waals surface area contributed by atoms with Gasteiger partial charge in [-0.3, -0.25) is 9.59 Å². The Morgan fingerprint density at radius 2 is 1.74 bits per heavy atom. The van der Waals surface area contributed by atoms with Crippen LogP contribution in [0.4, 0.5) is 0 Å². The number of allylic oxidation sites excluding steroid dienone is 1. The summed E-state index contributed by atoms with van der Waals surface area (Å²) in [5.74, 6) is 5.31. The molecular weight excluding hydrogens is 418 g/mol. The Morgan fingerprint density at radius 1 is 1.10 bits per heavy atom. The molecule has 162 valence electrons. The van der Waals surface area contributed by atoms with Gasteiger partial charge < -0.3 is 9.64 Å². The van der Waals surface area contributed by atoms with Crippen molar-refractivity contribution in [3.63, 3.8) is 0 Å². The van der Waals surface area contributed by atoms with Crippen LogP contribution < -0.4 is 10.6 Å². The molecule has 8 nitrogen and oxygen atoms in total. The molecule has 1 aliphatic rings. The zero-order valence-corrected chi connectivity index (χ0v) is 18.0. The minimum absolute atomic E-state index is 0.0190. The van der Waals surface area contributed by atoms with Crippen molar-refractivity contribution in [2.75, 3.05) is 13.7 Å². The van der Waals surface area contributed by atoms with Crippen molar-refractivity contribution < 1.29 is 22.7 Å². The van der Waals surface area contributed by atoms with E-state index in [2.05, 4.69) is 0 Å². The standard InChI is InChI=1S/C22H23N3O5S/c1-16-5-11-20(12-6-16)31(28,29)25(23)22(27)18-4-3-13-24(14-18)15-21(26)17-7-9-19(30-2)10-8-17/h3,5-14H,4,15,23H2,1-2H3. The van der Waals surface area contributed by atoms with Gasteiger partial charge >= 0.3 is 0 Å². The van der Waals surface area contributed by atoms with E-state index in [1.54, 1.807) is 55.8 Å². The number of nitrogens with two attached hydrogens (primary N) is 1. The SMILES string of the molecule is COc1ccc(C(=O)CN2C=CCC(C(=O)N(N)S(=O)(=O)c3ccc(C)cc3)=C2)cc1. The number of nitrogens with zero attached hydrogens (tertiary/aromatic N) is 2. The number of ether oxygens (including phenoxy) is 1. The average molecular weight is 442 g/mol. The second-order valence-corrected chi connectivity index (χ2v) is 8.80. The molecule has 1 aliphatic heterocycles. The molecule has 0 saturated carbocycles. The fourth-order valence-electron chi connectivity index (χ4n) is 2.96. The van der Waals surface area contributed by atoms with E-state index >= 15 is 0 Å². The number of Topliss-reactive ketones (excluding diaryl/α,β-unsaturated/α-hetero) is 1. The summed E-state index contributed by atoms with van der Waals surface area (Å²) in [5, 5.41) is 0. The minimum Gasteiger partial charge on any atom is -0.497 e. The lowest BCUT2D eigenvalue weighted by Gasteiger charge is -2.23. The van der Waals surface area contributed by atoms with Gasteiger partial charge in [-0.1, -0.05) is 23.8 Å². The normalized spacial score (nSPS) is 13.5. The third-order valence-electron chi connectivity index (χ3n) is 4.75. The largest absolute Gasteiger partial charge is 0.497 e. The van der Waals surface area contributed by atoms with E-state index < -0.39 is 15.9 Å². The molecule has 2 N–H and O–H groups in total. The summed E-state index contributed by atoms with van der Waals surface area (Å²) in [6.07, 6.45) is 4.96. The number of benzene rings is 2. The molecule has 0 spiro atoms. The highest BCUT2D eigenvalue weighted by Crippen LogP contribution is 2.20. The zero-order chi connectivity index (χ0) is 22.6. The lowest BCUT2D eigenvalue weighted by Crippen LogP contribution is -2.43. The van der Waals surface area contributed by atoms with Crippen LogP contribution in [0.2, 0.25) is 0 Å². The van der Waals surface area contributed by atoms with E-state index in [1.807, 2.05) is 6.92 Å². The van der Waals surface area contributed by atoms with Crippen molar-refractivity contribution >= 4 is 21.7 Å². The summed E-state index contributed by atoms with van der Waals surface area (Å²) in [6, 6.07) is 12.7. The van der Waals surface area contributed by atoms with E-state index in [0.717, 1.165) is 5.56 Å². The third kappa shape index (κ3) is 5.01. The van der Waals surface area contributed by atoms with Gasteiger partial charge in [-0.25, -0.2) is 5.84 Å². The van der Waals surface area contributed by atoms with Crippen LogP contribution >= 0.6 is 0 Å². The minimum atomic E-state index is -4.20. The van der Waals surface area contributed by atoms with Crippen LogP contribution in [-0.4, -0.2) is 43.1 Å². The van der Waals surface area contributed by atoms with Gasteiger partial charge in [0.15, 0.2) is 5.78 Å². The second kappa shape index (κ2) is 9.15. The fraction of sp³-hybridized carbons (Fsp3) is 0.182. The molecule has 0 unspecified atom stereocenters. The summed E-state index contributed by atoms with van der Waals surface area (Å²) < 4.78 is 30.7. The molecule has 0 aromatic heterocycles. The topological polar surface area (TPSA) is 110 Å². The average Bonchev–Trinajstić information content (AvgIpc) is 2.78. The first-order chi connectivity index (χ1) is 14.7. The van der Waals surface area contributed by atoms with Crippen molar-refractivity contribution in [1.82, 2.24) is 9.31 Å². The number of carbonyl (C=O) groups excluding carboxylic acids is 2.